The van der Waals surface area contributed by atoms with Crippen molar-refractivity contribution in [1.82, 2.24) is 10.2 Å². The van der Waals surface area contributed by atoms with Gasteiger partial charge >= 0.3 is 0 Å². The molecule has 0 aliphatic rings. The number of anilines is 1. The second kappa shape index (κ2) is 13.9. The Hall–Kier alpha value is -2.49. The quantitative estimate of drug-likeness (QED) is 0.248. The van der Waals surface area contributed by atoms with Gasteiger partial charge < -0.3 is 10.2 Å². The van der Waals surface area contributed by atoms with E-state index < -0.39 is 28.5 Å². The molecule has 0 heterocycles. The zero-order chi connectivity index (χ0) is 29.6. The summed E-state index contributed by atoms with van der Waals surface area (Å²) >= 11 is 24.7. The zero-order valence-electron chi connectivity index (χ0n) is 22.1. The molecule has 0 bridgehead atoms. The molecule has 3 aromatic rings. The van der Waals surface area contributed by atoms with E-state index in [0.29, 0.717) is 22.0 Å². The molecule has 40 heavy (non-hydrogen) atoms. The number of rotatable bonds is 11. The Morgan fingerprint density at radius 1 is 0.875 bits per heavy atom. The minimum Gasteiger partial charge on any atom is -0.352 e. The van der Waals surface area contributed by atoms with Gasteiger partial charge in [-0.1, -0.05) is 77.6 Å². The van der Waals surface area contributed by atoms with E-state index in [4.69, 9.17) is 46.4 Å². The second-order valence-electron chi connectivity index (χ2n) is 9.18. The third-order valence-electron chi connectivity index (χ3n) is 6.29. The van der Waals surface area contributed by atoms with Crippen LogP contribution in [0.5, 0.6) is 0 Å². The summed E-state index contributed by atoms with van der Waals surface area (Å²) in [5.74, 6) is -1.02. The minimum absolute atomic E-state index is 0.0294. The van der Waals surface area contributed by atoms with Crippen molar-refractivity contribution in [2.24, 2.45) is 0 Å². The number of hydrogen-bond acceptors (Lipinski definition) is 4. The number of hydrogen-bond donors (Lipinski definition) is 1. The average molecular weight is 645 g/mol. The summed E-state index contributed by atoms with van der Waals surface area (Å²) in [6.45, 7) is 4.69. The molecule has 0 aliphatic carbocycles. The molecule has 2 amide bonds. The van der Waals surface area contributed by atoms with Crippen molar-refractivity contribution in [2.75, 3.05) is 10.8 Å². The number of nitrogens with one attached hydrogen (secondary N) is 1. The highest BCUT2D eigenvalue weighted by Gasteiger charge is 2.33. The third kappa shape index (κ3) is 7.83. The number of halogens is 4. The number of benzene rings is 3. The Morgan fingerprint density at radius 2 is 1.55 bits per heavy atom. The first-order valence-electron chi connectivity index (χ1n) is 12.4. The summed E-state index contributed by atoms with van der Waals surface area (Å²) in [4.78, 5) is 28.3. The fourth-order valence-electron chi connectivity index (χ4n) is 3.80. The first kappa shape index (κ1) is 32.0. The van der Waals surface area contributed by atoms with E-state index in [1.807, 2.05) is 13.8 Å². The lowest BCUT2D eigenvalue weighted by Gasteiger charge is -2.32. The first-order chi connectivity index (χ1) is 18.8. The molecule has 0 saturated heterocycles. The lowest BCUT2D eigenvalue weighted by atomic mass is 10.1. The normalized spacial score (nSPS) is 12.9. The molecule has 214 valence electrons. The van der Waals surface area contributed by atoms with Gasteiger partial charge in [0, 0.05) is 17.6 Å². The van der Waals surface area contributed by atoms with Crippen molar-refractivity contribution < 1.29 is 18.0 Å². The van der Waals surface area contributed by atoms with Gasteiger partial charge in [0.15, 0.2) is 0 Å². The Kier molecular flexibility index (Phi) is 11.1. The second-order valence-corrected chi connectivity index (χ2v) is 12.7. The molecule has 3 rings (SSSR count). The number of carbonyl (C=O) groups excluding carboxylic acids is 2. The van der Waals surface area contributed by atoms with Gasteiger partial charge in [-0.2, -0.15) is 0 Å². The summed E-state index contributed by atoms with van der Waals surface area (Å²) in [7, 11) is -4.25. The Morgan fingerprint density at radius 3 is 2.15 bits per heavy atom. The molecule has 0 saturated carbocycles. The van der Waals surface area contributed by atoms with Crippen molar-refractivity contribution >= 4 is 73.9 Å². The van der Waals surface area contributed by atoms with Gasteiger partial charge in [0.1, 0.15) is 12.6 Å². The van der Waals surface area contributed by atoms with Crippen LogP contribution in [0.4, 0.5) is 5.69 Å². The molecule has 0 radical (unpaired) electrons. The highest BCUT2D eigenvalue weighted by atomic mass is 35.5. The predicted molar refractivity (Wildman–Crippen MR) is 162 cm³/mol. The van der Waals surface area contributed by atoms with Gasteiger partial charge in [-0.3, -0.25) is 13.9 Å². The van der Waals surface area contributed by atoms with E-state index >= 15 is 0 Å². The van der Waals surface area contributed by atoms with E-state index in [0.717, 1.165) is 4.31 Å². The van der Waals surface area contributed by atoms with E-state index in [-0.39, 0.29) is 39.1 Å². The molecule has 1 N–H and O–H groups in total. The lowest BCUT2D eigenvalue weighted by Crippen LogP contribution is -2.52. The molecule has 3 aromatic carbocycles. The van der Waals surface area contributed by atoms with Gasteiger partial charge in [0.05, 0.1) is 25.7 Å². The van der Waals surface area contributed by atoms with Crippen molar-refractivity contribution in [2.45, 2.75) is 50.7 Å². The first-order valence-corrected chi connectivity index (χ1v) is 15.4. The van der Waals surface area contributed by atoms with Gasteiger partial charge in [0.25, 0.3) is 10.0 Å². The summed E-state index contributed by atoms with van der Waals surface area (Å²) < 4.78 is 28.5. The number of sulfonamides is 1. The molecule has 2 atom stereocenters. The van der Waals surface area contributed by atoms with Crippen LogP contribution in [0.25, 0.3) is 0 Å². The SMILES string of the molecule is CC[C@H](C)NC(=O)[C@H](C)N(Cc1ccc(Cl)c(Cl)c1)C(=O)CN(c1ccc(Cl)cc1Cl)S(=O)(=O)c1ccccc1. The van der Waals surface area contributed by atoms with E-state index in [1.54, 1.807) is 43.3 Å². The van der Waals surface area contributed by atoms with Crippen LogP contribution in [0, 0.1) is 0 Å². The van der Waals surface area contributed by atoms with Gasteiger partial charge in [0.2, 0.25) is 11.8 Å². The monoisotopic (exact) mass is 643 g/mol. The molecule has 0 unspecified atom stereocenters. The zero-order valence-corrected chi connectivity index (χ0v) is 25.9. The molecule has 0 aliphatic heterocycles. The Bertz CT molecular complexity index is 1470. The van der Waals surface area contributed by atoms with E-state index in [1.165, 1.54) is 35.2 Å². The van der Waals surface area contributed by atoms with Crippen LogP contribution in [-0.4, -0.2) is 43.8 Å². The lowest BCUT2D eigenvalue weighted by molar-refractivity contribution is -0.139. The third-order valence-corrected chi connectivity index (χ3v) is 9.34. The van der Waals surface area contributed by atoms with Crippen molar-refractivity contribution in [1.29, 1.82) is 0 Å². The van der Waals surface area contributed by atoms with Crippen molar-refractivity contribution in [3.05, 3.63) is 92.4 Å². The number of amides is 2. The van der Waals surface area contributed by atoms with Crippen LogP contribution in [0.2, 0.25) is 20.1 Å². The van der Waals surface area contributed by atoms with Gasteiger partial charge in [-0.15, -0.1) is 0 Å². The summed E-state index contributed by atoms with van der Waals surface area (Å²) in [5.41, 5.74) is 0.669. The van der Waals surface area contributed by atoms with Crippen molar-refractivity contribution in [3.63, 3.8) is 0 Å². The summed E-state index contributed by atoms with van der Waals surface area (Å²) in [5, 5.41) is 3.84. The molecule has 0 fully saturated rings. The van der Waals surface area contributed by atoms with Crippen LogP contribution in [-0.2, 0) is 26.2 Å². The number of nitrogens with zero attached hydrogens (tertiary/aromatic N) is 2. The topological polar surface area (TPSA) is 86.8 Å². The largest absolute Gasteiger partial charge is 0.352 e. The smallest absolute Gasteiger partial charge is 0.264 e. The Labute approximate surface area is 255 Å². The maximum atomic E-state index is 14.0. The van der Waals surface area contributed by atoms with E-state index in [9.17, 15) is 18.0 Å². The minimum atomic E-state index is -4.25. The Balaban J connectivity index is 2.06. The average Bonchev–Trinajstić information content (AvgIpc) is 2.92. The fraction of sp³-hybridized carbons (Fsp3) is 0.286. The number of carbonyl (C=O) groups is 2. The van der Waals surface area contributed by atoms with E-state index in [2.05, 4.69) is 5.32 Å². The van der Waals surface area contributed by atoms with Crippen LogP contribution >= 0.6 is 46.4 Å². The van der Waals surface area contributed by atoms with Crippen LogP contribution in [0.1, 0.15) is 32.8 Å². The maximum Gasteiger partial charge on any atom is 0.264 e. The maximum absolute atomic E-state index is 14.0. The highest BCUT2D eigenvalue weighted by molar-refractivity contribution is 7.92. The standard InChI is InChI=1S/C28H29Cl4N3O4S/c1-4-18(2)33-28(37)19(3)34(16-20-10-12-23(30)24(31)14-20)27(36)17-35(26-13-11-21(29)15-25(26)32)40(38,39)22-8-6-5-7-9-22/h5-15,18-19H,4,16-17H2,1-3H3,(H,33,37)/t18-,19-/m0/s1. The summed E-state index contributed by atoms with van der Waals surface area (Å²) in [6.07, 6.45) is 0.692. The molecule has 0 aromatic heterocycles. The predicted octanol–water partition coefficient (Wildman–Crippen LogP) is 6.83. The fourth-order valence-corrected chi connectivity index (χ4v) is 6.13. The molecular weight excluding hydrogens is 616 g/mol. The van der Waals surface area contributed by atoms with Crippen LogP contribution in [0.3, 0.4) is 0 Å². The molecule has 12 heteroatoms. The molecule has 0 spiro atoms. The summed E-state index contributed by atoms with van der Waals surface area (Å²) in [6, 6.07) is 15.8. The molecule has 7 nitrogen and oxygen atoms in total. The van der Waals surface area contributed by atoms with Crippen LogP contribution < -0.4 is 9.62 Å². The van der Waals surface area contributed by atoms with Crippen LogP contribution in [0.15, 0.2) is 71.6 Å². The van der Waals surface area contributed by atoms with Gasteiger partial charge in [-0.25, -0.2) is 8.42 Å². The van der Waals surface area contributed by atoms with Gasteiger partial charge in [-0.05, 0) is 68.3 Å². The highest BCUT2D eigenvalue weighted by Crippen LogP contribution is 2.33. The molecular formula is C28H29Cl4N3O4S. The van der Waals surface area contributed by atoms with Crippen molar-refractivity contribution in [3.8, 4) is 0 Å².